The highest BCUT2D eigenvalue weighted by Crippen LogP contribution is 2.21. The third-order valence-corrected chi connectivity index (χ3v) is 4.54. The number of rotatable bonds is 6. The van der Waals surface area contributed by atoms with Crippen LogP contribution in [0.3, 0.4) is 0 Å². The van der Waals surface area contributed by atoms with Crippen molar-refractivity contribution in [1.82, 2.24) is 26.5 Å². The summed E-state index contributed by atoms with van der Waals surface area (Å²) in [6.07, 6.45) is 1.97. The molecule has 1 aromatic carbocycles. The van der Waals surface area contributed by atoms with Gasteiger partial charge in [0.15, 0.2) is 5.96 Å². The van der Waals surface area contributed by atoms with E-state index in [1.54, 1.807) is 24.3 Å². The summed E-state index contributed by atoms with van der Waals surface area (Å²) in [6.45, 7) is 4.66. The highest BCUT2D eigenvalue weighted by atomic mass is 19.1. The van der Waals surface area contributed by atoms with Gasteiger partial charge in [-0.05, 0) is 29.7 Å². The van der Waals surface area contributed by atoms with Crippen LogP contribution in [0, 0.1) is 11.7 Å². The molecule has 1 fully saturated rings. The van der Waals surface area contributed by atoms with Gasteiger partial charge in [-0.25, -0.2) is 20.2 Å². The van der Waals surface area contributed by atoms with Crippen molar-refractivity contribution >= 4 is 11.9 Å². The summed E-state index contributed by atoms with van der Waals surface area (Å²) in [7, 11) is 1.52. The fourth-order valence-corrected chi connectivity index (χ4v) is 2.94. The minimum Gasteiger partial charge on any atom is -0.481 e. The number of carbonyl (C=O) groups is 1. The molecule has 0 spiro atoms. The Labute approximate surface area is 175 Å². The highest BCUT2D eigenvalue weighted by Gasteiger charge is 2.26. The van der Waals surface area contributed by atoms with Gasteiger partial charge in [0, 0.05) is 31.3 Å². The maximum atomic E-state index is 13.2. The topological polar surface area (TPSA) is 99.7 Å². The Balaban J connectivity index is 1.64. The zero-order valence-electron chi connectivity index (χ0n) is 17.3. The number of hydrogen-bond acceptors (Lipinski definition) is 6. The average molecular weight is 414 g/mol. The number of methoxy groups -OCH3 is 1. The fourth-order valence-electron chi connectivity index (χ4n) is 2.94. The van der Waals surface area contributed by atoms with E-state index in [4.69, 9.17) is 4.74 Å². The van der Waals surface area contributed by atoms with Crippen molar-refractivity contribution in [3.63, 3.8) is 0 Å². The average Bonchev–Trinajstić information content (AvgIpc) is 3.21. The van der Waals surface area contributed by atoms with Crippen molar-refractivity contribution in [2.45, 2.75) is 32.5 Å². The van der Waals surface area contributed by atoms with Crippen LogP contribution >= 0.6 is 0 Å². The fraction of sp³-hybridized carbons (Fsp3) is 0.381. The van der Waals surface area contributed by atoms with Crippen LogP contribution in [0.15, 0.2) is 47.6 Å². The van der Waals surface area contributed by atoms with E-state index >= 15 is 0 Å². The maximum absolute atomic E-state index is 13.2. The number of guanidine groups is 1. The van der Waals surface area contributed by atoms with E-state index in [2.05, 4.69) is 45.3 Å². The standard InChI is InChI=1S/C21H27FN6O2/c1-13(2)11-24-21(26-20(29)15-6-9-19(30-3)23-12-15)25-18-10-17(27-28-18)14-4-7-16(22)8-5-14/h4-9,12-13,17-18,27-28H,10-11H2,1-3H3,(H2,24,25,26,29). The van der Waals surface area contributed by atoms with Crippen LogP contribution in [-0.4, -0.2) is 36.7 Å². The van der Waals surface area contributed by atoms with Crippen molar-refractivity contribution < 1.29 is 13.9 Å². The number of hydrazine groups is 1. The van der Waals surface area contributed by atoms with Crippen molar-refractivity contribution in [3.05, 3.63) is 59.5 Å². The first-order valence-corrected chi connectivity index (χ1v) is 9.83. The van der Waals surface area contributed by atoms with Crippen LogP contribution in [0.2, 0.25) is 0 Å². The molecule has 1 aromatic heterocycles. The first-order valence-electron chi connectivity index (χ1n) is 9.83. The van der Waals surface area contributed by atoms with E-state index in [9.17, 15) is 9.18 Å². The Bertz CT molecular complexity index is 870. The molecule has 9 heteroatoms. The lowest BCUT2D eigenvalue weighted by atomic mass is 10.0. The summed E-state index contributed by atoms with van der Waals surface area (Å²) in [5, 5.41) is 6.05. The van der Waals surface area contributed by atoms with Crippen LogP contribution in [0.25, 0.3) is 0 Å². The van der Waals surface area contributed by atoms with Crippen molar-refractivity contribution in [2.24, 2.45) is 10.9 Å². The second-order valence-corrected chi connectivity index (χ2v) is 7.45. The SMILES string of the molecule is COc1ccc(C(=O)NC(=NCC(C)C)NC2CC(c3ccc(F)cc3)NN2)cn1. The zero-order valence-corrected chi connectivity index (χ0v) is 17.3. The first-order chi connectivity index (χ1) is 14.4. The van der Waals surface area contributed by atoms with Gasteiger partial charge in [0.25, 0.3) is 5.91 Å². The van der Waals surface area contributed by atoms with E-state index in [1.165, 1.54) is 25.4 Å². The number of carbonyl (C=O) groups excluding carboxylic acids is 1. The number of pyridine rings is 1. The van der Waals surface area contributed by atoms with E-state index in [0.717, 1.165) is 5.56 Å². The Kier molecular flexibility index (Phi) is 7.31. The van der Waals surface area contributed by atoms with Crippen molar-refractivity contribution in [2.75, 3.05) is 13.7 Å². The van der Waals surface area contributed by atoms with Gasteiger partial charge < -0.3 is 10.1 Å². The number of halogens is 1. The lowest BCUT2D eigenvalue weighted by molar-refractivity contribution is 0.0975. The monoisotopic (exact) mass is 414 g/mol. The maximum Gasteiger partial charge on any atom is 0.259 e. The Morgan fingerprint density at radius 1 is 1.27 bits per heavy atom. The van der Waals surface area contributed by atoms with Gasteiger partial charge in [-0.15, -0.1) is 0 Å². The number of aliphatic imine (C=N–C) groups is 1. The van der Waals surface area contributed by atoms with Gasteiger partial charge in [0.1, 0.15) is 5.82 Å². The number of benzene rings is 1. The van der Waals surface area contributed by atoms with Crippen molar-refractivity contribution in [1.29, 1.82) is 0 Å². The molecular formula is C21H27FN6O2. The quantitative estimate of drug-likeness (QED) is 0.427. The van der Waals surface area contributed by atoms with E-state index in [1.807, 2.05) is 0 Å². The number of nitrogens with zero attached hydrogens (tertiary/aromatic N) is 2. The van der Waals surface area contributed by atoms with E-state index in [0.29, 0.717) is 36.3 Å². The molecule has 1 aliphatic rings. The molecule has 0 bridgehead atoms. The molecule has 2 unspecified atom stereocenters. The molecule has 30 heavy (non-hydrogen) atoms. The molecule has 2 aromatic rings. The lowest BCUT2D eigenvalue weighted by Gasteiger charge is -2.17. The molecule has 1 aliphatic heterocycles. The van der Waals surface area contributed by atoms with Crippen LogP contribution < -0.4 is 26.2 Å². The summed E-state index contributed by atoms with van der Waals surface area (Å²) < 4.78 is 18.2. The summed E-state index contributed by atoms with van der Waals surface area (Å²) in [4.78, 5) is 21.2. The van der Waals surface area contributed by atoms with Crippen molar-refractivity contribution in [3.8, 4) is 5.88 Å². The Morgan fingerprint density at radius 2 is 2.03 bits per heavy atom. The highest BCUT2D eigenvalue weighted by molar-refractivity contribution is 6.05. The molecule has 0 saturated carbocycles. The lowest BCUT2D eigenvalue weighted by Crippen LogP contribution is -2.50. The van der Waals surface area contributed by atoms with Gasteiger partial charge in [-0.2, -0.15) is 0 Å². The Morgan fingerprint density at radius 3 is 2.67 bits per heavy atom. The number of ether oxygens (including phenoxy) is 1. The number of amides is 1. The van der Waals surface area contributed by atoms with Crippen LogP contribution in [0.1, 0.15) is 42.2 Å². The largest absolute Gasteiger partial charge is 0.481 e. The van der Waals surface area contributed by atoms with Gasteiger partial charge in [-0.3, -0.25) is 15.1 Å². The molecule has 1 amide bonds. The third-order valence-electron chi connectivity index (χ3n) is 4.54. The van der Waals surface area contributed by atoms with Crippen LogP contribution in [-0.2, 0) is 0 Å². The predicted octanol–water partition coefficient (Wildman–Crippen LogP) is 2.13. The van der Waals surface area contributed by atoms with Crippen LogP contribution in [0.4, 0.5) is 4.39 Å². The first kappa shape index (κ1) is 21.7. The smallest absolute Gasteiger partial charge is 0.259 e. The molecule has 0 radical (unpaired) electrons. The molecule has 2 heterocycles. The summed E-state index contributed by atoms with van der Waals surface area (Å²) in [5.41, 5.74) is 7.71. The van der Waals surface area contributed by atoms with E-state index < -0.39 is 0 Å². The van der Waals surface area contributed by atoms with Gasteiger partial charge in [0.2, 0.25) is 5.88 Å². The third kappa shape index (κ3) is 5.98. The molecule has 160 valence electrons. The van der Waals surface area contributed by atoms with Gasteiger partial charge in [-0.1, -0.05) is 26.0 Å². The summed E-state index contributed by atoms with van der Waals surface area (Å²) in [5.74, 6) is 0.567. The second kappa shape index (κ2) is 10.1. The molecular weight excluding hydrogens is 387 g/mol. The number of nitrogens with one attached hydrogen (secondary N) is 4. The molecule has 2 atom stereocenters. The number of aromatic nitrogens is 1. The molecule has 0 aliphatic carbocycles. The van der Waals surface area contributed by atoms with E-state index in [-0.39, 0.29) is 23.9 Å². The van der Waals surface area contributed by atoms with Gasteiger partial charge >= 0.3 is 0 Å². The van der Waals surface area contributed by atoms with Crippen LogP contribution in [0.5, 0.6) is 5.88 Å². The molecule has 8 nitrogen and oxygen atoms in total. The zero-order chi connectivity index (χ0) is 21.5. The van der Waals surface area contributed by atoms with Gasteiger partial charge in [0.05, 0.1) is 18.8 Å². The molecule has 1 saturated heterocycles. The minimum atomic E-state index is -0.318. The predicted molar refractivity (Wildman–Crippen MR) is 112 cm³/mol. The number of hydrogen-bond donors (Lipinski definition) is 4. The minimum absolute atomic E-state index is 0.0101. The summed E-state index contributed by atoms with van der Waals surface area (Å²) in [6, 6.07) is 9.67. The molecule has 4 N–H and O–H groups in total. The summed E-state index contributed by atoms with van der Waals surface area (Å²) >= 11 is 0. The molecule has 3 rings (SSSR count). The Hall–Kier alpha value is -3.04. The normalized spacial score (nSPS) is 19.0. The second-order valence-electron chi connectivity index (χ2n) is 7.45.